The monoisotopic (exact) mass is 220 g/mol. The summed E-state index contributed by atoms with van der Waals surface area (Å²) in [5.41, 5.74) is 2.44. The van der Waals surface area contributed by atoms with Crippen LogP contribution in [0.2, 0.25) is 0 Å². The Balaban J connectivity index is 3.28. The van der Waals surface area contributed by atoms with E-state index in [1.54, 1.807) is 6.07 Å². The quantitative estimate of drug-likeness (QED) is 0.610. The predicted octanol–water partition coefficient (Wildman–Crippen LogP) is 3.27. The van der Waals surface area contributed by atoms with Gasteiger partial charge in [-0.1, -0.05) is 20.4 Å². The topological polar surface area (TPSA) is 20.2 Å². The lowest BCUT2D eigenvalue weighted by Crippen LogP contribution is -2.41. The molecule has 0 heterocycles. The Morgan fingerprint density at radius 1 is 1.38 bits per heavy atom. The van der Waals surface area contributed by atoms with Crippen molar-refractivity contribution < 1.29 is 5.11 Å². The molecule has 0 radical (unpaired) electrons. The smallest absolute Gasteiger partial charge is 0.139 e. The number of hydrogen-bond acceptors (Lipinski definition) is 1. The van der Waals surface area contributed by atoms with E-state index >= 15 is 0 Å². The van der Waals surface area contributed by atoms with Gasteiger partial charge in [0.05, 0.1) is 14.1 Å². The Bertz CT molecular complexity index is 380. The van der Waals surface area contributed by atoms with Crippen LogP contribution in [0.5, 0.6) is 5.75 Å². The van der Waals surface area contributed by atoms with Crippen LogP contribution in [0.4, 0.5) is 5.69 Å². The SMILES string of the molecule is C=CC[N+](C)(C)c1cc(O)ccc1C(C)C. The van der Waals surface area contributed by atoms with Crippen LogP contribution in [-0.2, 0) is 0 Å². The molecule has 2 nitrogen and oxygen atoms in total. The van der Waals surface area contributed by atoms with Crippen molar-refractivity contribution in [3.8, 4) is 5.75 Å². The van der Waals surface area contributed by atoms with Crippen LogP contribution in [0, 0.1) is 0 Å². The molecule has 88 valence electrons. The molecule has 1 N–H and O–H groups in total. The van der Waals surface area contributed by atoms with Gasteiger partial charge in [-0.2, -0.15) is 0 Å². The molecule has 0 saturated carbocycles. The van der Waals surface area contributed by atoms with Gasteiger partial charge in [0.15, 0.2) is 0 Å². The van der Waals surface area contributed by atoms with Crippen molar-refractivity contribution in [2.75, 3.05) is 20.6 Å². The van der Waals surface area contributed by atoms with E-state index in [4.69, 9.17) is 0 Å². The number of benzene rings is 1. The number of quaternary nitrogens is 1. The molecule has 16 heavy (non-hydrogen) atoms. The molecule has 0 aromatic heterocycles. The van der Waals surface area contributed by atoms with Crippen molar-refractivity contribution in [3.63, 3.8) is 0 Å². The second-order valence-corrected chi connectivity index (χ2v) is 5.05. The maximum atomic E-state index is 9.62. The van der Waals surface area contributed by atoms with Gasteiger partial charge in [0.2, 0.25) is 0 Å². The first-order valence-electron chi connectivity index (χ1n) is 5.66. The Labute approximate surface area is 98.4 Å². The third kappa shape index (κ3) is 2.64. The van der Waals surface area contributed by atoms with E-state index in [9.17, 15) is 5.11 Å². The minimum Gasteiger partial charge on any atom is -0.508 e. The summed E-state index contributed by atoms with van der Waals surface area (Å²) in [5, 5.41) is 9.62. The molecule has 0 saturated heterocycles. The highest BCUT2D eigenvalue weighted by atomic mass is 16.3. The molecular formula is C14H22NO+. The largest absolute Gasteiger partial charge is 0.508 e. The molecule has 1 aromatic carbocycles. The average Bonchev–Trinajstić information content (AvgIpc) is 2.17. The zero-order chi connectivity index (χ0) is 12.3. The molecule has 0 aliphatic heterocycles. The van der Waals surface area contributed by atoms with Crippen LogP contribution in [-0.4, -0.2) is 25.7 Å². The van der Waals surface area contributed by atoms with E-state index in [0.717, 1.165) is 12.2 Å². The molecule has 0 amide bonds. The molecule has 0 atom stereocenters. The van der Waals surface area contributed by atoms with E-state index in [0.29, 0.717) is 16.2 Å². The summed E-state index contributed by atoms with van der Waals surface area (Å²) in [7, 11) is 4.25. The fourth-order valence-corrected chi connectivity index (χ4v) is 1.97. The van der Waals surface area contributed by atoms with Crippen molar-refractivity contribution >= 4 is 5.69 Å². The Morgan fingerprint density at radius 2 is 2.00 bits per heavy atom. The Kier molecular flexibility index (Phi) is 3.76. The van der Waals surface area contributed by atoms with Gasteiger partial charge in [0.1, 0.15) is 18.0 Å². The summed E-state index contributed by atoms with van der Waals surface area (Å²) in [6.45, 7) is 8.98. The average molecular weight is 220 g/mol. The normalized spacial score (nSPS) is 11.8. The van der Waals surface area contributed by atoms with Gasteiger partial charge >= 0.3 is 0 Å². The van der Waals surface area contributed by atoms with E-state index in [1.807, 2.05) is 18.2 Å². The maximum absolute atomic E-state index is 9.62. The van der Waals surface area contributed by atoms with Crippen LogP contribution < -0.4 is 4.48 Å². The van der Waals surface area contributed by atoms with Gasteiger partial charge in [0.25, 0.3) is 0 Å². The summed E-state index contributed by atoms with van der Waals surface area (Å²) in [6, 6.07) is 5.63. The van der Waals surface area contributed by atoms with E-state index in [1.165, 1.54) is 5.56 Å². The molecule has 0 aliphatic carbocycles. The molecule has 0 spiro atoms. The fraction of sp³-hybridized carbons (Fsp3) is 0.429. The maximum Gasteiger partial charge on any atom is 0.139 e. The van der Waals surface area contributed by atoms with Crippen LogP contribution in [0.1, 0.15) is 25.3 Å². The van der Waals surface area contributed by atoms with Gasteiger partial charge in [-0.15, -0.1) is 0 Å². The predicted molar refractivity (Wildman–Crippen MR) is 70.9 cm³/mol. The number of phenols is 1. The zero-order valence-electron chi connectivity index (χ0n) is 10.7. The van der Waals surface area contributed by atoms with E-state index in [-0.39, 0.29) is 0 Å². The first-order chi connectivity index (χ1) is 7.38. The molecule has 2 heteroatoms. The van der Waals surface area contributed by atoms with Crippen LogP contribution in [0.25, 0.3) is 0 Å². The number of rotatable bonds is 4. The third-order valence-corrected chi connectivity index (χ3v) is 2.87. The van der Waals surface area contributed by atoms with Crippen molar-refractivity contribution in [2.24, 2.45) is 0 Å². The summed E-state index contributed by atoms with van der Waals surface area (Å²) in [4.78, 5) is 0. The number of hydrogen-bond donors (Lipinski definition) is 1. The Hall–Kier alpha value is -1.28. The van der Waals surface area contributed by atoms with E-state index in [2.05, 4.69) is 34.5 Å². The molecule has 1 aromatic rings. The fourth-order valence-electron chi connectivity index (χ4n) is 1.97. The Morgan fingerprint density at radius 3 is 2.50 bits per heavy atom. The highest BCUT2D eigenvalue weighted by molar-refractivity contribution is 5.55. The second-order valence-electron chi connectivity index (χ2n) is 5.05. The standard InChI is InChI=1S/C14H21NO/c1-6-9-15(4,5)14-10-12(16)7-8-13(14)11(2)3/h6-8,10-11H,1,9H2,2-5H3/p+1. The minimum atomic E-state index is 0.328. The molecule has 0 bridgehead atoms. The second kappa shape index (κ2) is 4.71. The summed E-state index contributed by atoms with van der Waals surface area (Å²) >= 11 is 0. The molecule has 0 aliphatic rings. The first-order valence-corrected chi connectivity index (χ1v) is 5.66. The third-order valence-electron chi connectivity index (χ3n) is 2.87. The highest BCUT2D eigenvalue weighted by Crippen LogP contribution is 2.33. The van der Waals surface area contributed by atoms with Crippen molar-refractivity contribution in [1.82, 2.24) is 4.48 Å². The molecule has 0 unspecified atom stereocenters. The zero-order valence-corrected chi connectivity index (χ0v) is 10.7. The van der Waals surface area contributed by atoms with Crippen LogP contribution in [0.3, 0.4) is 0 Å². The van der Waals surface area contributed by atoms with Crippen molar-refractivity contribution in [2.45, 2.75) is 19.8 Å². The number of likely N-dealkylation sites (N-methyl/N-ethyl adjacent to an activating group) is 1. The lowest BCUT2D eigenvalue weighted by Gasteiger charge is -2.31. The van der Waals surface area contributed by atoms with Crippen molar-refractivity contribution in [1.29, 1.82) is 0 Å². The van der Waals surface area contributed by atoms with Gasteiger partial charge in [0, 0.05) is 11.6 Å². The molecular weight excluding hydrogens is 198 g/mol. The highest BCUT2D eigenvalue weighted by Gasteiger charge is 2.23. The summed E-state index contributed by atoms with van der Waals surface area (Å²) < 4.78 is 0.714. The molecule has 1 rings (SSSR count). The summed E-state index contributed by atoms with van der Waals surface area (Å²) in [6.07, 6.45) is 1.91. The van der Waals surface area contributed by atoms with Gasteiger partial charge < -0.3 is 5.11 Å². The van der Waals surface area contributed by atoms with Gasteiger partial charge in [-0.3, -0.25) is 4.48 Å². The number of nitrogens with zero attached hydrogens (tertiary/aromatic N) is 1. The number of phenolic OH excluding ortho intramolecular Hbond substituents is 1. The number of aromatic hydroxyl groups is 1. The van der Waals surface area contributed by atoms with Crippen LogP contribution in [0.15, 0.2) is 30.9 Å². The summed E-state index contributed by atoms with van der Waals surface area (Å²) in [5.74, 6) is 0.785. The van der Waals surface area contributed by atoms with Gasteiger partial charge in [-0.05, 0) is 24.1 Å². The lowest BCUT2D eigenvalue weighted by atomic mass is 9.99. The first kappa shape index (κ1) is 12.8. The van der Waals surface area contributed by atoms with Crippen LogP contribution >= 0.6 is 0 Å². The lowest BCUT2D eigenvalue weighted by molar-refractivity contribution is 0.428. The van der Waals surface area contributed by atoms with Gasteiger partial charge in [-0.25, -0.2) is 0 Å². The van der Waals surface area contributed by atoms with E-state index < -0.39 is 0 Å². The van der Waals surface area contributed by atoms with Crippen molar-refractivity contribution in [3.05, 3.63) is 36.4 Å². The molecule has 0 fully saturated rings. The minimum absolute atomic E-state index is 0.328.